The van der Waals surface area contributed by atoms with Gasteiger partial charge in [0.1, 0.15) is 0 Å². The molecule has 2 atom stereocenters. The van der Waals surface area contributed by atoms with Crippen LogP contribution in [0.1, 0.15) is 32.1 Å². The fourth-order valence-electron chi connectivity index (χ4n) is 2.43. The Labute approximate surface area is 113 Å². The standard InChI is InChI=1S/C15H19N3O/c1-2-6-12-9-13(12)16-10-14-17-18-15(19-14)11-7-4-3-5-8-11/h3-5,7-8,12-13,16H,2,6,9-10H2,1H3. The minimum absolute atomic E-state index is 0.596. The lowest BCUT2D eigenvalue weighted by molar-refractivity contribution is 0.468. The first-order valence-electron chi connectivity index (χ1n) is 6.98. The SMILES string of the molecule is CCCC1CC1NCc1nnc(-c2ccccc2)o1. The Balaban J connectivity index is 1.55. The third-order valence-corrected chi connectivity index (χ3v) is 3.59. The third kappa shape index (κ3) is 3.01. The molecule has 1 fully saturated rings. The minimum atomic E-state index is 0.596. The summed E-state index contributed by atoms with van der Waals surface area (Å²) in [6, 6.07) is 10.5. The zero-order valence-corrected chi connectivity index (χ0v) is 11.2. The van der Waals surface area contributed by atoms with Crippen LogP contribution >= 0.6 is 0 Å². The van der Waals surface area contributed by atoms with Crippen LogP contribution in [0.5, 0.6) is 0 Å². The highest BCUT2D eigenvalue weighted by Gasteiger charge is 2.35. The second-order valence-electron chi connectivity index (χ2n) is 5.14. The molecular weight excluding hydrogens is 238 g/mol. The maximum Gasteiger partial charge on any atom is 0.247 e. The van der Waals surface area contributed by atoms with E-state index in [0.717, 1.165) is 11.5 Å². The molecule has 0 amide bonds. The highest BCUT2D eigenvalue weighted by molar-refractivity contribution is 5.51. The quantitative estimate of drug-likeness (QED) is 0.864. The summed E-state index contributed by atoms with van der Waals surface area (Å²) in [7, 11) is 0. The molecule has 1 aromatic heterocycles. The molecule has 1 aromatic carbocycles. The summed E-state index contributed by atoms with van der Waals surface area (Å²) < 4.78 is 5.66. The van der Waals surface area contributed by atoms with Crippen LogP contribution in [0.4, 0.5) is 0 Å². The van der Waals surface area contributed by atoms with Gasteiger partial charge < -0.3 is 9.73 Å². The number of rotatable bonds is 6. The average Bonchev–Trinajstić information content (AvgIpc) is 3.02. The van der Waals surface area contributed by atoms with Gasteiger partial charge >= 0.3 is 0 Å². The molecule has 1 aliphatic carbocycles. The molecule has 1 aliphatic rings. The normalized spacial score (nSPS) is 21.5. The number of hydrogen-bond acceptors (Lipinski definition) is 4. The molecular formula is C15H19N3O. The van der Waals surface area contributed by atoms with Crippen molar-refractivity contribution < 1.29 is 4.42 Å². The summed E-state index contributed by atoms with van der Waals surface area (Å²) in [6.07, 6.45) is 3.87. The van der Waals surface area contributed by atoms with Crippen LogP contribution < -0.4 is 5.32 Å². The lowest BCUT2D eigenvalue weighted by atomic mass is 10.2. The Hall–Kier alpha value is -1.68. The molecule has 4 nitrogen and oxygen atoms in total. The molecule has 2 aromatic rings. The van der Waals surface area contributed by atoms with E-state index in [2.05, 4.69) is 22.4 Å². The second-order valence-corrected chi connectivity index (χ2v) is 5.14. The molecule has 1 N–H and O–H groups in total. The van der Waals surface area contributed by atoms with Gasteiger partial charge in [-0.15, -0.1) is 10.2 Å². The molecule has 0 saturated heterocycles. The van der Waals surface area contributed by atoms with E-state index in [1.807, 2.05) is 30.3 Å². The van der Waals surface area contributed by atoms with E-state index >= 15 is 0 Å². The van der Waals surface area contributed by atoms with E-state index in [1.54, 1.807) is 0 Å². The molecule has 1 heterocycles. The van der Waals surface area contributed by atoms with Crippen LogP contribution in [-0.2, 0) is 6.54 Å². The Kier molecular flexibility index (Phi) is 3.60. The Morgan fingerprint density at radius 2 is 2.11 bits per heavy atom. The van der Waals surface area contributed by atoms with Crippen molar-refractivity contribution >= 4 is 0 Å². The average molecular weight is 257 g/mol. The minimum Gasteiger partial charge on any atom is -0.419 e. The largest absolute Gasteiger partial charge is 0.419 e. The summed E-state index contributed by atoms with van der Waals surface area (Å²) >= 11 is 0. The smallest absolute Gasteiger partial charge is 0.247 e. The van der Waals surface area contributed by atoms with E-state index in [-0.39, 0.29) is 0 Å². The van der Waals surface area contributed by atoms with E-state index in [9.17, 15) is 0 Å². The van der Waals surface area contributed by atoms with Gasteiger partial charge in [-0.25, -0.2) is 0 Å². The van der Waals surface area contributed by atoms with Crippen LogP contribution in [0.3, 0.4) is 0 Å². The van der Waals surface area contributed by atoms with E-state index in [0.29, 0.717) is 24.4 Å². The van der Waals surface area contributed by atoms with E-state index in [4.69, 9.17) is 4.42 Å². The number of aromatic nitrogens is 2. The van der Waals surface area contributed by atoms with Gasteiger partial charge in [0.2, 0.25) is 11.8 Å². The lowest BCUT2D eigenvalue weighted by Crippen LogP contribution is -2.17. The monoisotopic (exact) mass is 257 g/mol. The zero-order valence-electron chi connectivity index (χ0n) is 11.2. The molecule has 0 spiro atoms. The van der Waals surface area contributed by atoms with Gasteiger partial charge in [0.05, 0.1) is 6.54 Å². The third-order valence-electron chi connectivity index (χ3n) is 3.59. The predicted octanol–water partition coefficient (Wildman–Crippen LogP) is 3.01. The van der Waals surface area contributed by atoms with Crippen molar-refractivity contribution in [1.82, 2.24) is 15.5 Å². The van der Waals surface area contributed by atoms with Crippen LogP contribution in [0.2, 0.25) is 0 Å². The fourth-order valence-corrected chi connectivity index (χ4v) is 2.43. The molecule has 0 radical (unpaired) electrons. The van der Waals surface area contributed by atoms with Gasteiger partial charge in [-0.05, 0) is 30.9 Å². The van der Waals surface area contributed by atoms with Crippen molar-refractivity contribution in [3.8, 4) is 11.5 Å². The molecule has 100 valence electrons. The van der Waals surface area contributed by atoms with Crippen molar-refractivity contribution in [2.24, 2.45) is 5.92 Å². The number of hydrogen-bond donors (Lipinski definition) is 1. The molecule has 0 bridgehead atoms. The summed E-state index contributed by atoms with van der Waals surface area (Å²) in [6.45, 7) is 2.91. The number of nitrogens with zero attached hydrogens (tertiary/aromatic N) is 2. The van der Waals surface area contributed by atoms with Gasteiger partial charge in [-0.3, -0.25) is 0 Å². The first-order chi connectivity index (χ1) is 9.36. The molecule has 4 heteroatoms. The molecule has 19 heavy (non-hydrogen) atoms. The van der Waals surface area contributed by atoms with Gasteiger partial charge in [0, 0.05) is 11.6 Å². The maximum absolute atomic E-state index is 5.66. The van der Waals surface area contributed by atoms with Gasteiger partial charge in [0.15, 0.2) is 0 Å². The fraction of sp³-hybridized carbons (Fsp3) is 0.467. The molecule has 1 saturated carbocycles. The predicted molar refractivity (Wildman–Crippen MR) is 73.4 cm³/mol. The first-order valence-corrected chi connectivity index (χ1v) is 6.98. The first kappa shape index (κ1) is 12.4. The zero-order chi connectivity index (χ0) is 13.1. The van der Waals surface area contributed by atoms with Crippen molar-refractivity contribution in [3.63, 3.8) is 0 Å². The lowest BCUT2D eigenvalue weighted by Gasteiger charge is -1.99. The van der Waals surface area contributed by atoms with E-state index < -0.39 is 0 Å². The number of nitrogens with one attached hydrogen (secondary N) is 1. The highest BCUT2D eigenvalue weighted by Crippen LogP contribution is 2.34. The maximum atomic E-state index is 5.66. The summed E-state index contributed by atoms with van der Waals surface area (Å²) in [5.74, 6) is 2.11. The van der Waals surface area contributed by atoms with Crippen molar-refractivity contribution in [2.75, 3.05) is 0 Å². The Morgan fingerprint density at radius 1 is 1.26 bits per heavy atom. The highest BCUT2D eigenvalue weighted by atomic mass is 16.4. The van der Waals surface area contributed by atoms with Gasteiger partial charge in [0.25, 0.3) is 0 Å². The van der Waals surface area contributed by atoms with Crippen LogP contribution in [-0.4, -0.2) is 16.2 Å². The van der Waals surface area contributed by atoms with Crippen LogP contribution in [0.15, 0.2) is 34.7 Å². The molecule has 2 unspecified atom stereocenters. The van der Waals surface area contributed by atoms with Gasteiger partial charge in [-0.2, -0.15) is 0 Å². The number of benzene rings is 1. The molecule has 3 rings (SSSR count). The van der Waals surface area contributed by atoms with Crippen molar-refractivity contribution in [3.05, 3.63) is 36.2 Å². The summed E-state index contributed by atoms with van der Waals surface area (Å²) in [5.41, 5.74) is 0.969. The Bertz CT molecular complexity index is 523. The van der Waals surface area contributed by atoms with E-state index in [1.165, 1.54) is 19.3 Å². The van der Waals surface area contributed by atoms with Crippen molar-refractivity contribution in [1.29, 1.82) is 0 Å². The van der Waals surface area contributed by atoms with Crippen molar-refractivity contribution in [2.45, 2.75) is 38.8 Å². The van der Waals surface area contributed by atoms with Crippen LogP contribution in [0, 0.1) is 5.92 Å². The second kappa shape index (κ2) is 5.53. The topological polar surface area (TPSA) is 51.0 Å². The summed E-state index contributed by atoms with van der Waals surface area (Å²) in [4.78, 5) is 0. The van der Waals surface area contributed by atoms with Gasteiger partial charge in [-0.1, -0.05) is 31.5 Å². The summed E-state index contributed by atoms with van der Waals surface area (Å²) in [5, 5.41) is 11.6. The Morgan fingerprint density at radius 3 is 2.89 bits per heavy atom. The van der Waals surface area contributed by atoms with Crippen LogP contribution in [0.25, 0.3) is 11.5 Å². The molecule has 0 aliphatic heterocycles.